The van der Waals surface area contributed by atoms with Crippen LogP contribution in [0.25, 0.3) is 0 Å². The molecule has 2 rings (SSSR count). The largest absolute Gasteiger partial charge is 0.313 e. The van der Waals surface area contributed by atoms with E-state index in [4.69, 9.17) is 11.6 Å². The molecule has 0 aliphatic rings. The van der Waals surface area contributed by atoms with E-state index >= 15 is 0 Å². The topological polar surface area (TPSA) is 12.0 Å². The van der Waals surface area contributed by atoms with Crippen LogP contribution in [0.2, 0.25) is 5.02 Å². The molecular formula is C15H14ClFIN. The summed E-state index contributed by atoms with van der Waals surface area (Å²) in [4.78, 5) is 0. The maximum Gasteiger partial charge on any atom is 0.145 e. The molecule has 0 heterocycles. The van der Waals surface area contributed by atoms with Crippen molar-refractivity contribution in [2.45, 2.75) is 12.5 Å². The molecule has 0 bridgehead atoms. The average Bonchev–Trinajstić information content (AvgIpc) is 2.40. The van der Waals surface area contributed by atoms with Crippen molar-refractivity contribution in [1.82, 2.24) is 5.32 Å². The van der Waals surface area contributed by atoms with Gasteiger partial charge in [-0.05, 0) is 65.4 Å². The fourth-order valence-electron chi connectivity index (χ4n) is 2.04. The lowest BCUT2D eigenvalue weighted by Crippen LogP contribution is -2.19. The third-order valence-electron chi connectivity index (χ3n) is 3.06. The summed E-state index contributed by atoms with van der Waals surface area (Å²) in [6, 6.07) is 13.4. The van der Waals surface area contributed by atoms with Crippen molar-refractivity contribution in [3.8, 4) is 0 Å². The van der Waals surface area contributed by atoms with E-state index in [1.165, 1.54) is 3.57 Å². The van der Waals surface area contributed by atoms with Crippen molar-refractivity contribution in [2.75, 3.05) is 7.05 Å². The van der Waals surface area contributed by atoms with Gasteiger partial charge in [-0.2, -0.15) is 0 Å². The summed E-state index contributed by atoms with van der Waals surface area (Å²) in [5.41, 5.74) is 1.78. The second kappa shape index (κ2) is 6.68. The molecule has 1 unspecified atom stereocenters. The molecule has 0 aromatic heterocycles. The fourth-order valence-corrected chi connectivity index (χ4v) is 2.80. The zero-order valence-corrected chi connectivity index (χ0v) is 13.4. The monoisotopic (exact) mass is 389 g/mol. The minimum Gasteiger partial charge on any atom is -0.313 e. The molecule has 0 spiro atoms. The minimum absolute atomic E-state index is 0.0719. The quantitative estimate of drug-likeness (QED) is 0.754. The Morgan fingerprint density at radius 3 is 2.68 bits per heavy atom. The second-order valence-electron chi connectivity index (χ2n) is 4.31. The molecule has 2 aromatic rings. The van der Waals surface area contributed by atoms with Crippen molar-refractivity contribution in [3.63, 3.8) is 0 Å². The molecule has 2 aromatic carbocycles. The van der Waals surface area contributed by atoms with Crippen LogP contribution in [0.1, 0.15) is 17.2 Å². The van der Waals surface area contributed by atoms with Gasteiger partial charge in [-0.3, -0.25) is 0 Å². The SMILES string of the molecule is CNC(Cc1cccc(Cl)c1F)c1cccc(I)c1. The van der Waals surface area contributed by atoms with Gasteiger partial charge in [-0.1, -0.05) is 35.9 Å². The number of nitrogens with one attached hydrogen (secondary N) is 1. The van der Waals surface area contributed by atoms with Crippen molar-refractivity contribution in [1.29, 1.82) is 0 Å². The Balaban J connectivity index is 2.26. The molecule has 19 heavy (non-hydrogen) atoms. The third-order valence-corrected chi connectivity index (χ3v) is 4.02. The van der Waals surface area contributed by atoms with Crippen LogP contribution < -0.4 is 5.32 Å². The Kier molecular flexibility index (Phi) is 5.19. The molecule has 0 amide bonds. The first-order valence-corrected chi connectivity index (χ1v) is 7.43. The van der Waals surface area contributed by atoms with E-state index in [-0.39, 0.29) is 16.9 Å². The Morgan fingerprint density at radius 1 is 1.26 bits per heavy atom. The highest BCUT2D eigenvalue weighted by Gasteiger charge is 2.14. The maximum atomic E-state index is 13.9. The molecule has 1 atom stereocenters. The van der Waals surface area contributed by atoms with Crippen LogP contribution in [-0.2, 0) is 6.42 Å². The summed E-state index contributed by atoms with van der Waals surface area (Å²) >= 11 is 8.09. The predicted octanol–water partition coefficient (Wildman–Crippen LogP) is 4.59. The molecule has 0 fully saturated rings. The number of likely N-dealkylation sites (N-methyl/N-ethyl adjacent to an activating group) is 1. The summed E-state index contributed by atoms with van der Waals surface area (Å²) in [7, 11) is 1.88. The standard InChI is InChI=1S/C15H14ClFIN/c1-19-14(10-4-2-6-12(18)8-10)9-11-5-3-7-13(16)15(11)17/h2-8,14,19H,9H2,1H3. The molecule has 4 heteroatoms. The first kappa shape index (κ1) is 14.8. The van der Waals surface area contributed by atoms with Crippen LogP contribution in [0.15, 0.2) is 42.5 Å². The predicted molar refractivity (Wildman–Crippen MR) is 86.1 cm³/mol. The van der Waals surface area contributed by atoms with Crippen LogP contribution in [0.5, 0.6) is 0 Å². The summed E-state index contributed by atoms with van der Waals surface area (Å²) in [5.74, 6) is -0.324. The number of hydrogen-bond acceptors (Lipinski definition) is 1. The lowest BCUT2D eigenvalue weighted by molar-refractivity contribution is 0.554. The third kappa shape index (κ3) is 3.68. The van der Waals surface area contributed by atoms with Gasteiger partial charge in [0, 0.05) is 9.61 Å². The highest BCUT2D eigenvalue weighted by molar-refractivity contribution is 14.1. The normalized spacial score (nSPS) is 12.4. The number of benzene rings is 2. The lowest BCUT2D eigenvalue weighted by atomic mass is 9.99. The minimum atomic E-state index is -0.324. The Hall–Kier alpha value is -0.650. The van der Waals surface area contributed by atoms with Crippen LogP contribution in [-0.4, -0.2) is 7.05 Å². The smallest absolute Gasteiger partial charge is 0.145 e. The summed E-state index contributed by atoms with van der Waals surface area (Å²) in [6.45, 7) is 0. The second-order valence-corrected chi connectivity index (χ2v) is 5.97. The van der Waals surface area contributed by atoms with Gasteiger partial charge < -0.3 is 5.32 Å². The van der Waals surface area contributed by atoms with Crippen LogP contribution >= 0.6 is 34.2 Å². The number of rotatable bonds is 4. The first-order chi connectivity index (χ1) is 9.11. The van der Waals surface area contributed by atoms with Gasteiger partial charge in [0.05, 0.1) is 5.02 Å². The average molecular weight is 390 g/mol. The molecule has 0 aliphatic heterocycles. The summed E-state index contributed by atoms with van der Waals surface area (Å²) in [6.07, 6.45) is 0.572. The van der Waals surface area contributed by atoms with Crippen molar-refractivity contribution in [3.05, 3.63) is 68.0 Å². The number of hydrogen-bond donors (Lipinski definition) is 1. The molecule has 1 N–H and O–H groups in total. The summed E-state index contributed by atoms with van der Waals surface area (Å²) in [5, 5.41) is 3.40. The first-order valence-electron chi connectivity index (χ1n) is 5.97. The summed E-state index contributed by atoms with van der Waals surface area (Å²) < 4.78 is 15.1. The molecule has 0 radical (unpaired) electrons. The highest BCUT2D eigenvalue weighted by atomic mass is 127. The van der Waals surface area contributed by atoms with E-state index in [0.717, 1.165) is 5.56 Å². The van der Waals surface area contributed by atoms with E-state index in [1.807, 2.05) is 25.2 Å². The molecule has 0 saturated carbocycles. The molecule has 1 nitrogen and oxygen atoms in total. The van der Waals surface area contributed by atoms with E-state index in [1.54, 1.807) is 18.2 Å². The molecule has 0 saturated heterocycles. The van der Waals surface area contributed by atoms with Crippen LogP contribution in [0.3, 0.4) is 0 Å². The van der Waals surface area contributed by atoms with Gasteiger partial charge in [0.2, 0.25) is 0 Å². The van der Waals surface area contributed by atoms with Crippen LogP contribution in [0.4, 0.5) is 4.39 Å². The Morgan fingerprint density at radius 2 is 2.00 bits per heavy atom. The van der Waals surface area contributed by atoms with E-state index in [0.29, 0.717) is 12.0 Å². The zero-order chi connectivity index (χ0) is 13.8. The van der Waals surface area contributed by atoms with Gasteiger partial charge in [0.15, 0.2) is 0 Å². The van der Waals surface area contributed by atoms with Gasteiger partial charge in [0.1, 0.15) is 5.82 Å². The Labute approximate surface area is 131 Å². The molecule has 0 aliphatic carbocycles. The maximum absolute atomic E-state index is 13.9. The van der Waals surface area contributed by atoms with Crippen molar-refractivity contribution >= 4 is 34.2 Å². The highest BCUT2D eigenvalue weighted by Crippen LogP contribution is 2.24. The van der Waals surface area contributed by atoms with Crippen molar-refractivity contribution in [2.24, 2.45) is 0 Å². The Bertz CT molecular complexity index is 574. The molecular weight excluding hydrogens is 376 g/mol. The van der Waals surface area contributed by atoms with Crippen LogP contribution in [0, 0.1) is 9.39 Å². The zero-order valence-electron chi connectivity index (χ0n) is 10.5. The van der Waals surface area contributed by atoms with Gasteiger partial charge in [-0.15, -0.1) is 0 Å². The van der Waals surface area contributed by atoms with E-state index < -0.39 is 0 Å². The lowest BCUT2D eigenvalue weighted by Gasteiger charge is -2.17. The van der Waals surface area contributed by atoms with Gasteiger partial charge in [-0.25, -0.2) is 4.39 Å². The number of halogens is 3. The van der Waals surface area contributed by atoms with Crippen molar-refractivity contribution < 1.29 is 4.39 Å². The fraction of sp³-hybridized carbons (Fsp3) is 0.200. The van der Waals surface area contributed by atoms with E-state index in [2.05, 4.69) is 34.0 Å². The van der Waals surface area contributed by atoms with Gasteiger partial charge in [0.25, 0.3) is 0 Å². The molecule has 100 valence electrons. The van der Waals surface area contributed by atoms with Gasteiger partial charge >= 0.3 is 0 Å². The van der Waals surface area contributed by atoms with E-state index in [9.17, 15) is 4.39 Å².